The number of benzene rings is 1. The van der Waals surface area contributed by atoms with Crippen LogP contribution in [-0.4, -0.2) is 25.8 Å². The first kappa shape index (κ1) is 14.2. The van der Waals surface area contributed by atoms with Gasteiger partial charge in [-0.2, -0.15) is 0 Å². The van der Waals surface area contributed by atoms with Crippen molar-refractivity contribution in [2.45, 2.75) is 45.3 Å². The summed E-state index contributed by atoms with van der Waals surface area (Å²) in [6.07, 6.45) is 0.238. The van der Waals surface area contributed by atoms with Gasteiger partial charge in [-0.15, -0.1) is 0 Å². The lowest BCUT2D eigenvalue weighted by Crippen LogP contribution is -2.43. The van der Waals surface area contributed by atoms with Gasteiger partial charge < -0.3 is 10.1 Å². The molecule has 0 aliphatic carbocycles. The molecular weight excluding hydrogens is 210 g/mol. The van der Waals surface area contributed by atoms with Crippen LogP contribution in [0.4, 0.5) is 0 Å². The number of ether oxygens (including phenoxy) is 1. The lowest BCUT2D eigenvalue weighted by atomic mass is 9.84. The quantitative estimate of drug-likeness (QED) is 0.818. The van der Waals surface area contributed by atoms with Crippen molar-refractivity contribution in [3.8, 4) is 0 Å². The molecule has 0 amide bonds. The lowest BCUT2D eigenvalue weighted by Gasteiger charge is -2.29. The fourth-order valence-electron chi connectivity index (χ4n) is 1.78. The lowest BCUT2D eigenvalue weighted by molar-refractivity contribution is 0.0870. The highest BCUT2D eigenvalue weighted by Crippen LogP contribution is 2.21. The summed E-state index contributed by atoms with van der Waals surface area (Å²) >= 11 is 0. The molecule has 2 heteroatoms. The number of nitrogens with one attached hydrogen (secondary N) is 1. The zero-order valence-corrected chi connectivity index (χ0v) is 11.7. The normalized spacial score (nSPS) is 15.6. The predicted molar refractivity (Wildman–Crippen MR) is 73.4 cm³/mol. The Labute approximate surface area is 105 Å². The first-order valence-electron chi connectivity index (χ1n) is 6.29. The van der Waals surface area contributed by atoms with Crippen molar-refractivity contribution in [2.24, 2.45) is 0 Å². The van der Waals surface area contributed by atoms with E-state index in [9.17, 15) is 0 Å². The van der Waals surface area contributed by atoms with Crippen molar-refractivity contribution in [1.82, 2.24) is 5.32 Å². The van der Waals surface area contributed by atoms with Gasteiger partial charge in [-0.05, 0) is 19.4 Å². The Kier molecular flexibility index (Phi) is 5.16. The van der Waals surface area contributed by atoms with Crippen LogP contribution < -0.4 is 5.32 Å². The minimum atomic E-state index is 0.142. The van der Waals surface area contributed by atoms with Crippen LogP contribution in [0, 0.1) is 0 Å². The number of rotatable bonds is 6. The molecule has 1 aromatic carbocycles. The van der Waals surface area contributed by atoms with Gasteiger partial charge >= 0.3 is 0 Å². The zero-order valence-electron chi connectivity index (χ0n) is 11.7. The van der Waals surface area contributed by atoms with Crippen molar-refractivity contribution < 1.29 is 4.74 Å². The first-order valence-corrected chi connectivity index (χ1v) is 6.29. The molecular formula is C15H25NO. The third-order valence-electron chi connectivity index (χ3n) is 3.50. The molecule has 0 spiro atoms. The van der Waals surface area contributed by atoms with Gasteiger partial charge in [-0.1, -0.05) is 44.2 Å². The molecule has 1 rings (SSSR count). The van der Waals surface area contributed by atoms with Gasteiger partial charge in [0.15, 0.2) is 0 Å². The smallest absolute Gasteiger partial charge is 0.0693 e. The van der Waals surface area contributed by atoms with Crippen molar-refractivity contribution in [2.75, 3.05) is 13.7 Å². The molecule has 2 unspecified atom stereocenters. The van der Waals surface area contributed by atoms with Crippen LogP contribution in [-0.2, 0) is 10.2 Å². The second kappa shape index (κ2) is 6.18. The molecule has 0 aliphatic rings. The fraction of sp³-hybridized carbons (Fsp3) is 0.600. The maximum Gasteiger partial charge on any atom is 0.0693 e. The van der Waals surface area contributed by atoms with E-state index in [2.05, 4.69) is 63.3 Å². The Morgan fingerprint density at radius 3 is 2.29 bits per heavy atom. The molecule has 0 aromatic heterocycles. The summed E-state index contributed by atoms with van der Waals surface area (Å²) < 4.78 is 5.32. The van der Waals surface area contributed by atoms with E-state index in [1.807, 2.05) is 0 Å². The van der Waals surface area contributed by atoms with Crippen molar-refractivity contribution in [1.29, 1.82) is 0 Å². The number of hydrogen-bond donors (Lipinski definition) is 1. The molecule has 0 fully saturated rings. The molecule has 2 nitrogen and oxygen atoms in total. The van der Waals surface area contributed by atoms with Gasteiger partial charge in [0.25, 0.3) is 0 Å². The second-order valence-electron chi connectivity index (χ2n) is 5.36. The summed E-state index contributed by atoms with van der Waals surface area (Å²) in [7, 11) is 1.76. The molecule has 0 aliphatic heterocycles. The highest BCUT2D eigenvalue weighted by Gasteiger charge is 2.22. The Hall–Kier alpha value is -0.860. The molecule has 0 saturated carbocycles. The van der Waals surface area contributed by atoms with E-state index < -0.39 is 0 Å². The Morgan fingerprint density at radius 1 is 1.18 bits per heavy atom. The second-order valence-corrected chi connectivity index (χ2v) is 5.36. The van der Waals surface area contributed by atoms with Crippen LogP contribution in [0.25, 0.3) is 0 Å². The summed E-state index contributed by atoms with van der Waals surface area (Å²) in [6.45, 7) is 9.73. The fourth-order valence-corrected chi connectivity index (χ4v) is 1.78. The number of hydrogen-bond acceptors (Lipinski definition) is 2. The van der Waals surface area contributed by atoms with E-state index in [0.29, 0.717) is 6.04 Å². The summed E-state index contributed by atoms with van der Waals surface area (Å²) in [4.78, 5) is 0. The van der Waals surface area contributed by atoms with Crippen LogP contribution in [0.2, 0.25) is 0 Å². The maximum absolute atomic E-state index is 5.32. The minimum absolute atomic E-state index is 0.142. The summed E-state index contributed by atoms with van der Waals surface area (Å²) in [5.41, 5.74) is 1.51. The van der Waals surface area contributed by atoms with Gasteiger partial charge in [0.1, 0.15) is 0 Å². The Bertz CT molecular complexity index is 321. The van der Waals surface area contributed by atoms with Gasteiger partial charge in [0, 0.05) is 25.1 Å². The molecule has 0 heterocycles. The first-order chi connectivity index (χ1) is 7.97. The largest absolute Gasteiger partial charge is 0.380 e. The van der Waals surface area contributed by atoms with Crippen LogP contribution >= 0.6 is 0 Å². The van der Waals surface area contributed by atoms with E-state index in [-0.39, 0.29) is 11.5 Å². The molecule has 1 aromatic rings. The third-order valence-corrected chi connectivity index (χ3v) is 3.50. The average molecular weight is 235 g/mol. The van der Waals surface area contributed by atoms with Gasteiger partial charge in [0.05, 0.1) is 6.10 Å². The van der Waals surface area contributed by atoms with E-state index in [1.165, 1.54) is 5.56 Å². The van der Waals surface area contributed by atoms with Gasteiger partial charge in [-0.3, -0.25) is 0 Å². The molecule has 96 valence electrons. The van der Waals surface area contributed by atoms with E-state index in [0.717, 1.165) is 6.54 Å². The van der Waals surface area contributed by atoms with Crippen molar-refractivity contribution in [3.63, 3.8) is 0 Å². The highest BCUT2D eigenvalue weighted by molar-refractivity contribution is 5.23. The molecule has 1 N–H and O–H groups in total. The van der Waals surface area contributed by atoms with Gasteiger partial charge in [-0.25, -0.2) is 0 Å². The summed E-state index contributed by atoms with van der Waals surface area (Å²) in [5, 5.41) is 3.55. The van der Waals surface area contributed by atoms with E-state index in [1.54, 1.807) is 7.11 Å². The van der Waals surface area contributed by atoms with E-state index >= 15 is 0 Å². The zero-order chi connectivity index (χ0) is 12.9. The summed E-state index contributed by atoms with van der Waals surface area (Å²) in [5.74, 6) is 0. The molecule has 17 heavy (non-hydrogen) atoms. The summed E-state index contributed by atoms with van der Waals surface area (Å²) in [6, 6.07) is 11.0. The molecule has 0 saturated heterocycles. The minimum Gasteiger partial charge on any atom is -0.380 e. The maximum atomic E-state index is 5.32. The van der Waals surface area contributed by atoms with Crippen LogP contribution in [0.5, 0.6) is 0 Å². The van der Waals surface area contributed by atoms with Crippen LogP contribution in [0.3, 0.4) is 0 Å². The highest BCUT2D eigenvalue weighted by atomic mass is 16.5. The van der Waals surface area contributed by atoms with E-state index in [4.69, 9.17) is 4.74 Å². The molecule has 0 radical (unpaired) electrons. The predicted octanol–water partition coefficient (Wildman–Crippen LogP) is 2.98. The number of methoxy groups -OCH3 is 1. The topological polar surface area (TPSA) is 21.3 Å². The monoisotopic (exact) mass is 235 g/mol. The van der Waals surface area contributed by atoms with Gasteiger partial charge in [0.2, 0.25) is 0 Å². The molecule has 0 bridgehead atoms. The third kappa shape index (κ3) is 4.14. The SMILES string of the molecule is COC(C)C(C)NCC(C)(C)c1ccccc1. The average Bonchev–Trinajstić information content (AvgIpc) is 2.36. The molecule has 2 atom stereocenters. The van der Waals surface area contributed by atoms with Crippen molar-refractivity contribution in [3.05, 3.63) is 35.9 Å². The Morgan fingerprint density at radius 2 is 1.76 bits per heavy atom. The van der Waals surface area contributed by atoms with Crippen molar-refractivity contribution >= 4 is 0 Å². The Balaban J connectivity index is 2.56. The standard InChI is InChI=1S/C15H25NO/c1-12(13(2)17-5)16-11-15(3,4)14-9-7-6-8-10-14/h6-10,12-13,16H,11H2,1-5H3. The van der Waals surface area contributed by atoms with Crippen LogP contribution in [0.15, 0.2) is 30.3 Å². The van der Waals surface area contributed by atoms with Crippen LogP contribution in [0.1, 0.15) is 33.3 Å².